The molecule has 5 rings (SSSR count). The normalized spacial score (nSPS) is 19.9. The first kappa shape index (κ1) is 19.8. The highest BCUT2D eigenvalue weighted by atomic mass is 35.5. The van der Waals surface area contributed by atoms with Gasteiger partial charge < -0.3 is 14.9 Å². The number of fused-ring (bicyclic) bond motifs is 2. The molecule has 160 valence electrons. The number of anilines is 1. The van der Waals surface area contributed by atoms with Gasteiger partial charge in [-0.1, -0.05) is 22.9 Å². The molecule has 1 N–H and O–H groups in total. The number of aliphatic carboxylic acids is 1. The van der Waals surface area contributed by atoms with Crippen molar-refractivity contribution in [2.45, 2.75) is 25.0 Å². The summed E-state index contributed by atoms with van der Waals surface area (Å²) in [5.74, 6) is -1.69. The van der Waals surface area contributed by atoms with Gasteiger partial charge in [0.15, 0.2) is 11.7 Å². The number of carbonyl (C=O) groups excluding carboxylic acids is 1. The van der Waals surface area contributed by atoms with E-state index in [1.165, 1.54) is 29.5 Å². The van der Waals surface area contributed by atoms with Gasteiger partial charge in [-0.3, -0.25) is 9.59 Å². The fourth-order valence-electron chi connectivity index (χ4n) is 4.00. The first-order chi connectivity index (χ1) is 14.9. The lowest BCUT2D eigenvalue weighted by molar-refractivity contribution is -0.138. The number of amides is 1. The van der Waals surface area contributed by atoms with Crippen LogP contribution in [0.5, 0.6) is 0 Å². The average molecular weight is 464 g/mol. The van der Waals surface area contributed by atoms with Crippen LogP contribution in [0.3, 0.4) is 0 Å². The number of thiazole rings is 1. The fraction of sp³-hybridized carbons (Fsp3) is 0.333. The highest BCUT2D eigenvalue weighted by molar-refractivity contribution is 7.18. The van der Waals surface area contributed by atoms with Gasteiger partial charge in [0.2, 0.25) is 5.82 Å². The minimum absolute atomic E-state index is 0.0151. The van der Waals surface area contributed by atoms with Gasteiger partial charge in [0.25, 0.3) is 5.91 Å². The second kappa shape index (κ2) is 7.54. The van der Waals surface area contributed by atoms with Gasteiger partial charge in [-0.2, -0.15) is 4.80 Å². The van der Waals surface area contributed by atoms with E-state index in [0.29, 0.717) is 28.8 Å². The van der Waals surface area contributed by atoms with Crippen molar-refractivity contribution in [1.29, 1.82) is 0 Å². The summed E-state index contributed by atoms with van der Waals surface area (Å²) >= 11 is 7.30. The Kier molecular flexibility index (Phi) is 4.82. The van der Waals surface area contributed by atoms with E-state index in [0.717, 1.165) is 16.3 Å². The molecular weight excluding hydrogens is 449 g/mol. The number of hydrogen-bond acceptors (Lipinski definition) is 8. The molecular formula is C18H15ClFN7O3S. The molecule has 0 unspecified atom stereocenters. The zero-order valence-corrected chi connectivity index (χ0v) is 17.4. The summed E-state index contributed by atoms with van der Waals surface area (Å²) in [7, 11) is 0. The highest BCUT2D eigenvalue weighted by Crippen LogP contribution is 2.38. The Morgan fingerprint density at radius 3 is 2.87 bits per heavy atom. The second-order valence-corrected chi connectivity index (χ2v) is 8.77. The van der Waals surface area contributed by atoms with Crippen LogP contribution in [0.25, 0.3) is 10.7 Å². The Labute approximate surface area is 183 Å². The zero-order chi connectivity index (χ0) is 21.7. The number of carboxylic acid groups (broad SMARTS) is 1. The zero-order valence-electron chi connectivity index (χ0n) is 15.9. The molecule has 0 spiro atoms. The van der Waals surface area contributed by atoms with Crippen LogP contribution in [-0.2, 0) is 11.3 Å². The molecule has 4 heterocycles. The number of tetrazole rings is 1. The van der Waals surface area contributed by atoms with Crippen molar-refractivity contribution in [3.05, 3.63) is 40.8 Å². The third kappa shape index (κ3) is 3.61. The summed E-state index contributed by atoms with van der Waals surface area (Å²) in [4.78, 5) is 33.6. The van der Waals surface area contributed by atoms with Crippen LogP contribution in [0.1, 0.15) is 16.8 Å². The van der Waals surface area contributed by atoms with Crippen molar-refractivity contribution >= 4 is 39.9 Å². The van der Waals surface area contributed by atoms with Crippen LogP contribution in [-0.4, -0.2) is 72.2 Å². The molecule has 2 aliphatic rings. The minimum Gasteiger partial charge on any atom is -0.480 e. The third-order valence-electron chi connectivity index (χ3n) is 5.35. The summed E-state index contributed by atoms with van der Waals surface area (Å²) in [6, 6.07) is 4.01. The Morgan fingerprint density at radius 1 is 1.29 bits per heavy atom. The van der Waals surface area contributed by atoms with E-state index in [1.807, 2.05) is 0 Å². The topological polar surface area (TPSA) is 117 Å². The maximum absolute atomic E-state index is 14.1. The van der Waals surface area contributed by atoms with Gasteiger partial charge in [-0.25, -0.2) is 9.37 Å². The Bertz CT molecular complexity index is 1180. The number of aromatic nitrogens is 5. The standard InChI is InChI=1S/C18H15ClFN7O3S/c19-9-1-2-13(20)12(3-9)17(30)25-6-11-4-10(25)7-26(11)18-21-5-14(31-18)16-22-24-27(23-16)8-15(28)29/h1-3,5,10-11H,4,6-8H2,(H,28,29)/t10-,11+/m1/s1. The number of likely N-dealkylation sites (tertiary alicyclic amines) is 1. The van der Waals surface area contributed by atoms with Crippen LogP contribution >= 0.6 is 22.9 Å². The molecule has 2 saturated heterocycles. The van der Waals surface area contributed by atoms with Gasteiger partial charge in [0, 0.05) is 18.1 Å². The summed E-state index contributed by atoms with van der Waals surface area (Å²) in [6.07, 6.45) is 2.40. The predicted molar refractivity (Wildman–Crippen MR) is 109 cm³/mol. The van der Waals surface area contributed by atoms with Crippen LogP contribution in [0.2, 0.25) is 5.02 Å². The van der Waals surface area contributed by atoms with Gasteiger partial charge >= 0.3 is 5.97 Å². The predicted octanol–water partition coefficient (Wildman–Crippen LogP) is 1.78. The lowest BCUT2D eigenvalue weighted by atomic mass is 10.1. The molecule has 1 aromatic carbocycles. The van der Waals surface area contributed by atoms with Crippen LogP contribution in [0.15, 0.2) is 24.4 Å². The van der Waals surface area contributed by atoms with Crippen molar-refractivity contribution in [3.63, 3.8) is 0 Å². The van der Waals surface area contributed by atoms with Crippen molar-refractivity contribution in [1.82, 2.24) is 30.1 Å². The quantitative estimate of drug-likeness (QED) is 0.608. The van der Waals surface area contributed by atoms with E-state index in [4.69, 9.17) is 16.7 Å². The molecule has 1 amide bonds. The number of nitrogens with zero attached hydrogens (tertiary/aromatic N) is 7. The molecule has 0 aliphatic carbocycles. The number of carboxylic acids is 1. The van der Waals surface area contributed by atoms with E-state index >= 15 is 0 Å². The number of rotatable bonds is 5. The lowest BCUT2D eigenvalue weighted by Crippen LogP contribution is -2.49. The van der Waals surface area contributed by atoms with Crippen molar-refractivity contribution in [3.8, 4) is 10.7 Å². The minimum atomic E-state index is -1.06. The maximum Gasteiger partial charge on any atom is 0.327 e. The molecule has 13 heteroatoms. The monoisotopic (exact) mass is 463 g/mol. The number of benzene rings is 1. The smallest absolute Gasteiger partial charge is 0.327 e. The molecule has 2 atom stereocenters. The average Bonchev–Trinajstić information content (AvgIpc) is 3.51. The molecule has 31 heavy (non-hydrogen) atoms. The van der Waals surface area contributed by atoms with Gasteiger partial charge in [0.05, 0.1) is 28.7 Å². The molecule has 0 saturated carbocycles. The van der Waals surface area contributed by atoms with Gasteiger partial charge in [-0.15, -0.1) is 10.2 Å². The summed E-state index contributed by atoms with van der Waals surface area (Å²) in [6.45, 7) is 0.688. The van der Waals surface area contributed by atoms with E-state index in [9.17, 15) is 14.0 Å². The first-order valence-electron chi connectivity index (χ1n) is 9.37. The van der Waals surface area contributed by atoms with Crippen LogP contribution in [0.4, 0.5) is 9.52 Å². The summed E-state index contributed by atoms with van der Waals surface area (Å²) in [5.41, 5.74) is -0.0151. The molecule has 0 radical (unpaired) electrons. The molecule has 3 aromatic rings. The van der Waals surface area contributed by atoms with Crippen molar-refractivity contribution in [2.24, 2.45) is 0 Å². The molecule has 2 aliphatic heterocycles. The van der Waals surface area contributed by atoms with Crippen molar-refractivity contribution < 1.29 is 19.1 Å². The van der Waals surface area contributed by atoms with E-state index in [2.05, 4.69) is 25.3 Å². The molecule has 2 fully saturated rings. The van der Waals surface area contributed by atoms with Crippen LogP contribution < -0.4 is 4.90 Å². The van der Waals surface area contributed by atoms with Crippen LogP contribution in [0, 0.1) is 5.82 Å². The summed E-state index contributed by atoms with van der Waals surface area (Å²) in [5, 5.41) is 21.6. The number of piperazine rings is 1. The highest BCUT2D eigenvalue weighted by Gasteiger charge is 2.46. The second-order valence-electron chi connectivity index (χ2n) is 7.32. The fourth-order valence-corrected chi connectivity index (χ4v) is 5.09. The number of hydrogen-bond donors (Lipinski definition) is 1. The number of halogens is 2. The maximum atomic E-state index is 14.1. The molecule has 10 nitrogen and oxygen atoms in total. The van der Waals surface area contributed by atoms with Gasteiger partial charge in [0.1, 0.15) is 5.82 Å². The SMILES string of the molecule is O=C(O)Cn1nnc(-c2cnc(N3C[C@H]4C[C@H]3CN4C(=O)c3cc(Cl)ccc3F)s2)n1. The molecule has 2 aromatic heterocycles. The first-order valence-corrected chi connectivity index (χ1v) is 10.6. The van der Waals surface area contributed by atoms with Gasteiger partial charge in [-0.05, 0) is 29.8 Å². The lowest BCUT2D eigenvalue weighted by Gasteiger charge is -2.34. The summed E-state index contributed by atoms with van der Waals surface area (Å²) < 4.78 is 14.1. The Hall–Kier alpha value is -3.12. The largest absolute Gasteiger partial charge is 0.480 e. The van der Waals surface area contributed by atoms with E-state index in [-0.39, 0.29) is 30.1 Å². The number of carbonyl (C=O) groups is 2. The van der Waals surface area contributed by atoms with E-state index in [1.54, 1.807) is 11.1 Å². The molecule has 2 bridgehead atoms. The third-order valence-corrected chi connectivity index (χ3v) is 6.61. The van der Waals surface area contributed by atoms with Crippen molar-refractivity contribution in [2.75, 3.05) is 18.0 Å². The van der Waals surface area contributed by atoms with E-state index < -0.39 is 11.8 Å². The Morgan fingerprint density at radius 2 is 2.13 bits per heavy atom. The Balaban J connectivity index is 1.29.